The Bertz CT molecular complexity index is 540. The lowest BCUT2D eigenvalue weighted by Gasteiger charge is -1.99. The number of azo groups is 1. The summed E-state index contributed by atoms with van der Waals surface area (Å²) in [5.41, 5.74) is 1.38. The molecule has 0 radical (unpaired) electrons. The number of hydrogen-bond donors (Lipinski definition) is 0. The maximum Gasteiger partial charge on any atom is 0.121 e. The fraction of sp³-hybridized carbons (Fsp3) is 0.0769. The van der Waals surface area contributed by atoms with Crippen molar-refractivity contribution in [2.45, 2.75) is 0 Å². The lowest BCUT2D eigenvalue weighted by Crippen LogP contribution is -1.79. The van der Waals surface area contributed by atoms with Gasteiger partial charge >= 0.3 is 0 Å². The molecule has 0 aliphatic rings. The van der Waals surface area contributed by atoms with Gasteiger partial charge in [0.25, 0.3) is 0 Å². The Morgan fingerprint density at radius 2 is 1.82 bits per heavy atom. The second kappa shape index (κ2) is 5.46. The predicted molar refractivity (Wildman–Crippen MR) is 68.6 cm³/mol. The summed E-state index contributed by atoms with van der Waals surface area (Å²) in [5.74, 6) is 0.751. The van der Waals surface area contributed by atoms with Gasteiger partial charge in [-0.05, 0) is 24.3 Å². The van der Waals surface area contributed by atoms with Crippen LogP contribution in [-0.4, -0.2) is 7.11 Å². The average molecular weight is 247 g/mol. The summed E-state index contributed by atoms with van der Waals surface area (Å²) < 4.78 is 5.10. The van der Waals surface area contributed by atoms with E-state index in [2.05, 4.69) is 10.2 Å². The van der Waals surface area contributed by atoms with Crippen molar-refractivity contribution in [2.24, 2.45) is 10.2 Å². The molecule has 0 N–H and O–H groups in total. The van der Waals surface area contributed by atoms with E-state index in [1.54, 1.807) is 19.2 Å². The van der Waals surface area contributed by atoms with Crippen LogP contribution in [0, 0.1) is 0 Å². The van der Waals surface area contributed by atoms with Crippen molar-refractivity contribution in [1.82, 2.24) is 0 Å². The van der Waals surface area contributed by atoms with E-state index >= 15 is 0 Å². The van der Waals surface area contributed by atoms with E-state index in [0.29, 0.717) is 10.7 Å². The fourth-order valence-corrected chi connectivity index (χ4v) is 1.49. The zero-order valence-corrected chi connectivity index (χ0v) is 10.1. The number of ether oxygens (including phenoxy) is 1. The molecule has 0 saturated heterocycles. The first kappa shape index (κ1) is 11.6. The largest absolute Gasteiger partial charge is 0.497 e. The van der Waals surface area contributed by atoms with Gasteiger partial charge in [-0.2, -0.15) is 5.11 Å². The van der Waals surface area contributed by atoms with Crippen molar-refractivity contribution < 1.29 is 4.74 Å². The highest BCUT2D eigenvalue weighted by Gasteiger charge is 1.97. The minimum atomic E-state index is 0.583. The van der Waals surface area contributed by atoms with E-state index in [4.69, 9.17) is 16.3 Å². The van der Waals surface area contributed by atoms with Crippen LogP contribution in [0.1, 0.15) is 0 Å². The Balaban J connectivity index is 2.23. The zero-order valence-electron chi connectivity index (χ0n) is 9.30. The number of benzene rings is 2. The SMILES string of the molecule is COc1cccc(N=Nc2ccccc2Cl)c1. The second-order valence-electron chi connectivity index (χ2n) is 3.35. The second-order valence-corrected chi connectivity index (χ2v) is 3.76. The topological polar surface area (TPSA) is 34.0 Å². The van der Waals surface area contributed by atoms with Crippen LogP contribution in [0.25, 0.3) is 0 Å². The van der Waals surface area contributed by atoms with Crippen LogP contribution in [-0.2, 0) is 0 Å². The van der Waals surface area contributed by atoms with Gasteiger partial charge in [0, 0.05) is 6.07 Å². The summed E-state index contributed by atoms with van der Waals surface area (Å²) in [6.07, 6.45) is 0. The third kappa shape index (κ3) is 3.04. The van der Waals surface area contributed by atoms with Gasteiger partial charge in [-0.25, -0.2) is 0 Å². The molecular formula is C13H11ClN2O. The van der Waals surface area contributed by atoms with E-state index in [1.165, 1.54) is 0 Å². The average Bonchev–Trinajstić information content (AvgIpc) is 2.38. The van der Waals surface area contributed by atoms with Gasteiger partial charge in [-0.15, -0.1) is 5.11 Å². The summed E-state index contributed by atoms with van der Waals surface area (Å²) in [6.45, 7) is 0. The molecule has 0 spiro atoms. The van der Waals surface area contributed by atoms with Gasteiger partial charge < -0.3 is 4.74 Å². The van der Waals surface area contributed by atoms with Crippen LogP contribution in [0.4, 0.5) is 11.4 Å². The molecule has 0 amide bonds. The highest BCUT2D eigenvalue weighted by Crippen LogP contribution is 2.27. The van der Waals surface area contributed by atoms with Gasteiger partial charge in [0.2, 0.25) is 0 Å². The molecule has 0 aliphatic carbocycles. The molecule has 0 atom stereocenters. The minimum Gasteiger partial charge on any atom is -0.497 e. The Labute approximate surface area is 105 Å². The first-order valence-corrected chi connectivity index (χ1v) is 5.48. The van der Waals surface area contributed by atoms with Crippen molar-refractivity contribution in [2.75, 3.05) is 7.11 Å². The molecule has 4 heteroatoms. The molecular weight excluding hydrogens is 236 g/mol. The van der Waals surface area contributed by atoms with Crippen LogP contribution in [0.3, 0.4) is 0 Å². The third-order valence-corrected chi connectivity index (χ3v) is 2.50. The molecule has 0 saturated carbocycles. The van der Waals surface area contributed by atoms with Crippen LogP contribution in [0.15, 0.2) is 58.8 Å². The minimum absolute atomic E-state index is 0.583. The van der Waals surface area contributed by atoms with Crippen molar-refractivity contribution in [3.05, 3.63) is 53.6 Å². The van der Waals surface area contributed by atoms with Gasteiger partial charge in [-0.3, -0.25) is 0 Å². The molecule has 86 valence electrons. The molecule has 3 nitrogen and oxygen atoms in total. The highest BCUT2D eigenvalue weighted by molar-refractivity contribution is 6.32. The Kier molecular flexibility index (Phi) is 3.73. The maximum absolute atomic E-state index is 5.97. The van der Waals surface area contributed by atoms with Crippen molar-refractivity contribution >= 4 is 23.0 Å². The Morgan fingerprint density at radius 3 is 2.59 bits per heavy atom. The van der Waals surface area contributed by atoms with Crippen molar-refractivity contribution in [1.29, 1.82) is 0 Å². The Morgan fingerprint density at radius 1 is 1.00 bits per heavy atom. The first-order valence-electron chi connectivity index (χ1n) is 5.10. The molecule has 17 heavy (non-hydrogen) atoms. The fourth-order valence-electron chi connectivity index (χ4n) is 1.32. The molecule has 0 fully saturated rings. The third-order valence-electron chi connectivity index (χ3n) is 2.18. The maximum atomic E-state index is 5.97. The predicted octanol–water partition coefficient (Wildman–Crippen LogP) is 4.76. The molecule has 2 rings (SSSR count). The summed E-state index contributed by atoms with van der Waals surface area (Å²) in [4.78, 5) is 0. The van der Waals surface area contributed by atoms with Gasteiger partial charge in [0.1, 0.15) is 11.4 Å². The molecule has 2 aromatic carbocycles. The number of halogens is 1. The molecule has 0 bridgehead atoms. The number of methoxy groups -OCH3 is 1. The van der Waals surface area contributed by atoms with E-state index in [9.17, 15) is 0 Å². The van der Waals surface area contributed by atoms with Gasteiger partial charge in [-0.1, -0.05) is 29.8 Å². The zero-order chi connectivity index (χ0) is 12.1. The summed E-state index contributed by atoms with van der Waals surface area (Å²) in [7, 11) is 1.62. The Hall–Kier alpha value is -1.87. The number of rotatable bonds is 3. The summed E-state index contributed by atoms with van der Waals surface area (Å²) in [6, 6.07) is 14.7. The van der Waals surface area contributed by atoms with Gasteiger partial charge in [0.15, 0.2) is 0 Å². The molecule has 0 unspecified atom stereocenters. The monoisotopic (exact) mass is 246 g/mol. The van der Waals surface area contributed by atoms with Crippen molar-refractivity contribution in [3.63, 3.8) is 0 Å². The van der Waals surface area contributed by atoms with E-state index < -0.39 is 0 Å². The first-order chi connectivity index (χ1) is 8.29. The molecule has 0 aromatic heterocycles. The van der Waals surface area contributed by atoms with Crippen LogP contribution in [0.2, 0.25) is 5.02 Å². The molecule has 0 aliphatic heterocycles. The number of nitrogens with zero attached hydrogens (tertiary/aromatic N) is 2. The molecule has 0 heterocycles. The quantitative estimate of drug-likeness (QED) is 0.719. The normalized spacial score (nSPS) is 10.7. The lowest BCUT2D eigenvalue weighted by molar-refractivity contribution is 0.415. The van der Waals surface area contributed by atoms with Crippen LogP contribution < -0.4 is 4.74 Å². The highest BCUT2D eigenvalue weighted by atomic mass is 35.5. The number of hydrogen-bond acceptors (Lipinski definition) is 3. The van der Waals surface area contributed by atoms with Crippen molar-refractivity contribution in [3.8, 4) is 5.75 Å². The summed E-state index contributed by atoms with van der Waals surface area (Å²) >= 11 is 5.97. The smallest absolute Gasteiger partial charge is 0.121 e. The van der Waals surface area contributed by atoms with Crippen LogP contribution in [0.5, 0.6) is 5.75 Å². The van der Waals surface area contributed by atoms with E-state index in [0.717, 1.165) is 11.4 Å². The van der Waals surface area contributed by atoms with E-state index in [-0.39, 0.29) is 0 Å². The standard InChI is InChI=1S/C13H11ClN2O/c1-17-11-6-4-5-10(9-11)15-16-13-8-3-2-7-12(13)14/h2-9H,1H3. The summed E-state index contributed by atoms with van der Waals surface area (Å²) in [5, 5.41) is 8.78. The van der Waals surface area contributed by atoms with Crippen LogP contribution >= 0.6 is 11.6 Å². The lowest BCUT2D eigenvalue weighted by atomic mass is 10.3. The molecule has 2 aromatic rings. The van der Waals surface area contributed by atoms with Gasteiger partial charge in [0.05, 0.1) is 17.8 Å². The van der Waals surface area contributed by atoms with E-state index in [1.807, 2.05) is 36.4 Å².